The molecule has 3 aromatic rings. The van der Waals surface area contributed by atoms with Crippen LogP contribution in [-0.4, -0.2) is 17.6 Å². The lowest BCUT2D eigenvalue weighted by Gasteiger charge is -2.18. The molecule has 6 heteroatoms. The first-order valence-corrected chi connectivity index (χ1v) is 8.52. The predicted octanol–water partition coefficient (Wildman–Crippen LogP) is 3.18. The van der Waals surface area contributed by atoms with Gasteiger partial charge in [0.05, 0.1) is 18.7 Å². The molecular formula is C20H22N2O4. The molecule has 1 amide bonds. The standard InChI is InChI=1S/C20H22N2O4/c1-13-8-9-17(25-3)15(12-13)14(2)21-19(23)10-11-22-16-6-4-5-7-18(16)26-20(22)24/h4-9,12,14H,10-11H2,1-3H3,(H,21,23)/t14-/m0/s1. The molecule has 0 aliphatic rings. The molecule has 3 rings (SSSR count). The largest absolute Gasteiger partial charge is 0.496 e. The second kappa shape index (κ2) is 7.47. The number of aryl methyl sites for hydroxylation is 2. The lowest BCUT2D eigenvalue weighted by Crippen LogP contribution is -2.28. The molecular weight excluding hydrogens is 332 g/mol. The number of amides is 1. The molecule has 6 nitrogen and oxygen atoms in total. The van der Waals surface area contributed by atoms with Crippen molar-refractivity contribution in [1.82, 2.24) is 9.88 Å². The van der Waals surface area contributed by atoms with Crippen LogP contribution in [-0.2, 0) is 11.3 Å². The van der Waals surface area contributed by atoms with Crippen molar-refractivity contribution in [3.63, 3.8) is 0 Å². The van der Waals surface area contributed by atoms with Gasteiger partial charge < -0.3 is 14.5 Å². The summed E-state index contributed by atoms with van der Waals surface area (Å²) in [4.78, 5) is 24.3. The Bertz CT molecular complexity index is 987. The van der Waals surface area contributed by atoms with Crippen LogP contribution in [0.2, 0.25) is 0 Å². The first kappa shape index (κ1) is 17.8. The molecule has 0 saturated heterocycles. The highest BCUT2D eigenvalue weighted by atomic mass is 16.5. The van der Waals surface area contributed by atoms with Gasteiger partial charge in [-0.3, -0.25) is 9.36 Å². The number of ether oxygens (including phenoxy) is 1. The molecule has 0 fully saturated rings. The molecule has 1 aromatic heterocycles. The quantitative estimate of drug-likeness (QED) is 0.738. The van der Waals surface area contributed by atoms with Gasteiger partial charge in [0.25, 0.3) is 0 Å². The fourth-order valence-electron chi connectivity index (χ4n) is 3.02. The summed E-state index contributed by atoms with van der Waals surface area (Å²) < 4.78 is 12.0. The summed E-state index contributed by atoms with van der Waals surface area (Å²) in [6.45, 7) is 4.17. The van der Waals surface area contributed by atoms with Gasteiger partial charge in [0.2, 0.25) is 5.91 Å². The predicted molar refractivity (Wildman–Crippen MR) is 99.4 cm³/mol. The third-order valence-corrected chi connectivity index (χ3v) is 4.37. The Balaban J connectivity index is 1.68. The fraction of sp³-hybridized carbons (Fsp3) is 0.300. The van der Waals surface area contributed by atoms with Gasteiger partial charge in [-0.2, -0.15) is 0 Å². The zero-order valence-electron chi connectivity index (χ0n) is 15.1. The molecule has 0 unspecified atom stereocenters. The average Bonchev–Trinajstić information content (AvgIpc) is 2.95. The Hall–Kier alpha value is -3.02. The number of carbonyl (C=O) groups excluding carboxylic acids is 1. The normalized spacial score (nSPS) is 12.1. The first-order chi connectivity index (χ1) is 12.5. The van der Waals surface area contributed by atoms with E-state index in [1.807, 2.05) is 38.1 Å². The summed E-state index contributed by atoms with van der Waals surface area (Å²) in [6, 6.07) is 12.8. The summed E-state index contributed by atoms with van der Waals surface area (Å²) in [6.07, 6.45) is 0.182. The van der Waals surface area contributed by atoms with E-state index < -0.39 is 5.76 Å². The van der Waals surface area contributed by atoms with E-state index in [-0.39, 0.29) is 24.9 Å². The number of methoxy groups -OCH3 is 1. The van der Waals surface area contributed by atoms with Crippen molar-refractivity contribution in [2.75, 3.05) is 7.11 Å². The molecule has 1 atom stereocenters. The van der Waals surface area contributed by atoms with Gasteiger partial charge in [-0.25, -0.2) is 4.79 Å². The maximum atomic E-state index is 12.4. The molecule has 1 heterocycles. The van der Waals surface area contributed by atoms with Crippen molar-refractivity contribution in [2.45, 2.75) is 32.9 Å². The highest BCUT2D eigenvalue weighted by Gasteiger charge is 2.15. The smallest absolute Gasteiger partial charge is 0.419 e. The molecule has 0 aliphatic heterocycles. The Morgan fingerprint density at radius 1 is 1.27 bits per heavy atom. The van der Waals surface area contributed by atoms with Gasteiger partial charge in [-0.15, -0.1) is 0 Å². The summed E-state index contributed by atoms with van der Waals surface area (Å²) in [5.41, 5.74) is 3.24. The highest BCUT2D eigenvalue weighted by Crippen LogP contribution is 2.26. The van der Waals surface area contributed by atoms with Crippen molar-refractivity contribution in [1.29, 1.82) is 0 Å². The van der Waals surface area contributed by atoms with Crippen LogP contribution in [0.5, 0.6) is 5.75 Å². The van der Waals surface area contributed by atoms with E-state index in [4.69, 9.17) is 9.15 Å². The molecule has 0 aliphatic carbocycles. The van der Waals surface area contributed by atoms with E-state index >= 15 is 0 Å². The van der Waals surface area contributed by atoms with Crippen LogP contribution in [0, 0.1) is 6.92 Å². The van der Waals surface area contributed by atoms with Crippen LogP contribution in [0.3, 0.4) is 0 Å². The van der Waals surface area contributed by atoms with Crippen LogP contribution in [0.4, 0.5) is 0 Å². The van der Waals surface area contributed by atoms with E-state index in [9.17, 15) is 9.59 Å². The number of nitrogens with one attached hydrogen (secondary N) is 1. The van der Waals surface area contributed by atoms with Gasteiger partial charge in [-0.05, 0) is 32.0 Å². The molecule has 136 valence electrons. The number of nitrogens with zero attached hydrogens (tertiary/aromatic N) is 1. The van der Waals surface area contributed by atoms with Crippen molar-refractivity contribution in [2.24, 2.45) is 0 Å². The van der Waals surface area contributed by atoms with E-state index in [0.29, 0.717) is 11.1 Å². The van der Waals surface area contributed by atoms with E-state index in [2.05, 4.69) is 5.32 Å². The summed E-state index contributed by atoms with van der Waals surface area (Å²) in [7, 11) is 1.61. The summed E-state index contributed by atoms with van der Waals surface area (Å²) in [5, 5.41) is 2.96. The first-order valence-electron chi connectivity index (χ1n) is 8.52. The Morgan fingerprint density at radius 2 is 2.04 bits per heavy atom. The van der Waals surface area contributed by atoms with Gasteiger partial charge in [0.1, 0.15) is 5.75 Å². The van der Waals surface area contributed by atoms with E-state index in [1.54, 1.807) is 25.3 Å². The van der Waals surface area contributed by atoms with E-state index in [1.165, 1.54) is 4.57 Å². The maximum absolute atomic E-state index is 12.4. The van der Waals surface area contributed by atoms with Gasteiger partial charge in [0.15, 0.2) is 5.58 Å². The van der Waals surface area contributed by atoms with E-state index in [0.717, 1.165) is 16.9 Å². The average molecular weight is 354 g/mol. The molecule has 0 radical (unpaired) electrons. The zero-order chi connectivity index (χ0) is 18.7. The van der Waals surface area contributed by atoms with Crippen LogP contribution in [0.1, 0.15) is 30.5 Å². The van der Waals surface area contributed by atoms with Gasteiger partial charge in [0, 0.05) is 18.5 Å². The van der Waals surface area contributed by atoms with Crippen molar-refractivity contribution < 1.29 is 13.9 Å². The Morgan fingerprint density at radius 3 is 2.81 bits per heavy atom. The SMILES string of the molecule is COc1ccc(C)cc1[C@H](C)NC(=O)CCn1c(=O)oc2ccccc21. The van der Waals surface area contributed by atoms with Gasteiger partial charge >= 0.3 is 5.76 Å². The topological polar surface area (TPSA) is 73.5 Å². The highest BCUT2D eigenvalue weighted by molar-refractivity contribution is 5.77. The van der Waals surface area contributed by atoms with Crippen LogP contribution < -0.4 is 15.8 Å². The molecule has 0 bridgehead atoms. The fourth-order valence-corrected chi connectivity index (χ4v) is 3.02. The molecule has 26 heavy (non-hydrogen) atoms. The number of carbonyl (C=O) groups is 1. The number of hydrogen-bond acceptors (Lipinski definition) is 4. The minimum Gasteiger partial charge on any atom is -0.496 e. The molecule has 2 aromatic carbocycles. The maximum Gasteiger partial charge on any atom is 0.419 e. The lowest BCUT2D eigenvalue weighted by atomic mass is 10.0. The minimum absolute atomic E-state index is 0.141. The van der Waals surface area contributed by atoms with Crippen molar-refractivity contribution in [3.05, 3.63) is 64.1 Å². The van der Waals surface area contributed by atoms with Crippen molar-refractivity contribution >= 4 is 17.0 Å². The number of rotatable bonds is 6. The van der Waals surface area contributed by atoms with Crippen LogP contribution in [0.15, 0.2) is 51.7 Å². The number of aromatic nitrogens is 1. The minimum atomic E-state index is -0.451. The second-order valence-corrected chi connectivity index (χ2v) is 6.27. The molecule has 0 spiro atoms. The monoisotopic (exact) mass is 354 g/mol. The Labute approximate surface area is 151 Å². The van der Waals surface area contributed by atoms with Gasteiger partial charge in [-0.1, -0.05) is 29.8 Å². The number of hydrogen-bond donors (Lipinski definition) is 1. The Kier molecular flexibility index (Phi) is 5.11. The lowest BCUT2D eigenvalue weighted by molar-refractivity contribution is -0.121. The zero-order valence-corrected chi connectivity index (χ0v) is 15.1. The third-order valence-electron chi connectivity index (χ3n) is 4.37. The summed E-state index contributed by atoms with van der Waals surface area (Å²) >= 11 is 0. The second-order valence-electron chi connectivity index (χ2n) is 6.27. The third kappa shape index (κ3) is 3.64. The molecule has 0 saturated carbocycles. The molecule has 1 N–H and O–H groups in total. The van der Waals surface area contributed by atoms with Crippen molar-refractivity contribution in [3.8, 4) is 5.75 Å². The van der Waals surface area contributed by atoms with Crippen LogP contribution in [0.25, 0.3) is 11.1 Å². The van der Waals surface area contributed by atoms with Crippen LogP contribution >= 0.6 is 0 Å². The number of para-hydroxylation sites is 2. The number of benzene rings is 2. The number of fused-ring (bicyclic) bond motifs is 1. The number of oxazole rings is 1. The summed E-state index contributed by atoms with van der Waals surface area (Å²) in [5.74, 6) is 0.145.